The van der Waals surface area contributed by atoms with Crippen molar-refractivity contribution in [2.24, 2.45) is 5.73 Å². The maximum Gasteiger partial charge on any atom is 0.239 e. The molecule has 1 heterocycles. The van der Waals surface area contributed by atoms with Gasteiger partial charge in [0.2, 0.25) is 11.8 Å². The average molecular weight is 399 g/mol. The molecular weight excluding hydrogens is 374 g/mol. The summed E-state index contributed by atoms with van der Waals surface area (Å²) in [4.78, 5) is 25.5. The number of hydrogen-bond acceptors (Lipinski definition) is 6. The van der Waals surface area contributed by atoms with Crippen LogP contribution < -0.4 is 30.2 Å². The van der Waals surface area contributed by atoms with E-state index in [1.165, 1.54) is 0 Å². The molecule has 0 saturated carbocycles. The largest absolute Gasteiger partial charge is 0.497 e. The van der Waals surface area contributed by atoms with Gasteiger partial charge in [-0.2, -0.15) is 0 Å². The molecule has 1 aliphatic rings. The maximum atomic E-state index is 12.5. The van der Waals surface area contributed by atoms with Crippen LogP contribution in [0.5, 0.6) is 17.2 Å². The first-order valence-electron chi connectivity index (χ1n) is 9.37. The zero-order valence-electron chi connectivity index (χ0n) is 16.3. The molecule has 1 aliphatic heterocycles. The van der Waals surface area contributed by atoms with Crippen molar-refractivity contribution in [1.29, 1.82) is 0 Å². The number of para-hydroxylation sites is 2. The number of nitrogens with one attached hydrogen (secondary N) is 1. The monoisotopic (exact) mass is 399 g/mol. The Kier molecular flexibility index (Phi) is 6.78. The van der Waals surface area contributed by atoms with Crippen molar-refractivity contribution in [3.8, 4) is 17.2 Å². The second kappa shape index (κ2) is 9.68. The third-order valence-corrected chi connectivity index (χ3v) is 4.49. The Hall–Kier alpha value is -3.42. The molecule has 1 atom stereocenters. The second-order valence-corrected chi connectivity index (χ2v) is 6.64. The molecular formula is C21H25N3O5. The van der Waals surface area contributed by atoms with E-state index in [-0.39, 0.29) is 25.0 Å². The highest BCUT2D eigenvalue weighted by Gasteiger charge is 2.21. The zero-order valence-corrected chi connectivity index (χ0v) is 16.3. The quantitative estimate of drug-likeness (QED) is 0.660. The number of anilines is 1. The van der Waals surface area contributed by atoms with Crippen LogP contribution in [-0.2, 0) is 9.59 Å². The topological polar surface area (TPSA) is 103 Å². The van der Waals surface area contributed by atoms with Crippen LogP contribution >= 0.6 is 0 Å². The fourth-order valence-corrected chi connectivity index (χ4v) is 2.96. The standard InChI is InChI=1S/C21H25N3O5/c1-27-16-8-6-15(7-9-16)24(11-10-20(22)25)13-21(26)23-12-17-14-28-18-4-2-3-5-19(18)29-17/h2-9,17H,10-14H2,1H3,(H2,22,25)(H,23,26). The van der Waals surface area contributed by atoms with Crippen molar-refractivity contribution in [2.75, 3.05) is 38.3 Å². The van der Waals surface area contributed by atoms with Crippen LogP contribution in [-0.4, -0.2) is 51.3 Å². The molecule has 0 saturated heterocycles. The normalized spacial score (nSPS) is 14.7. The first kappa shape index (κ1) is 20.3. The van der Waals surface area contributed by atoms with E-state index in [2.05, 4.69) is 5.32 Å². The van der Waals surface area contributed by atoms with E-state index in [4.69, 9.17) is 19.9 Å². The van der Waals surface area contributed by atoms with E-state index in [1.807, 2.05) is 36.4 Å². The van der Waals surface area contributed by atoms with E-state index in [0.29, 0.717) is 36.9 Å². The number of benzene rings is 2. The Morgan fingerprint density at radius 3 is 2.59 bits per heavy atom. The molecule has 0 aromatic heterocycles. The minimum atomic E-state index is -0.421. The number of amides is 2. The van der Waals surface area contributed by atoms with E-state index in [9.17, 15) is 9.59 Å². The first-order chi connectivity index (χ1) is 14.0. The average Bonchev–Trinajstić information content (AvgIpc) is 2.75. The Balaban J connectivity index is 1.55. The molecule has 8 heteroatoms. The van der Waals surface area contributed by atoms with Crippen molar-refractivity contribution >= 4 is 17.5 Å². The third kappa shape index (κ3) is 5.78. The Morgan fingerprint density at radius 2 is 1.90 bits per heavy atom. The number of fused-ring (bicyclic) bond motifs is 1. The van der Waals surface area contributed by atoms with Gasteiger partial charge >= 0.3 is 0 Å². The molecule has 0 aliphatic carbocycles. The lowest BCUT2D eigenvalue weighted by Gasteiger charge is -2.27. The summed E-state index contributed by atoms with van der Waals surface area (Å²) in [6.07, 6.45) is -0.121. The summed E-state index contributed by atoms with van der Waals surface area (Å²) in [5, 5.41) is 2.87. The molecule has 0 fully saturated rings. The summed E-state index contributed by atoms with van der Waals surface area (Å²) in [6.45, 7) is 1.11. The predicted octanol–water partition coefficient (Wildman–Crippen LogP) is 1.33. The van der Waals surface area contributed by atoms with Crippen LogP contribution in [0.3, 0.4) is 0 Å². The molecule has 2 aromatic carbocycles. The Labute approximate surface area is 169 Å². The molecule has 29 heavy (non-hydrogen) atoms. The van der Waals surface area contributed by atoms with Gasteiger partial charge in [0.15, 0.2) is 11.5 Å². The van der Waals surface area contributed by atoms with Crippen molar-refractivity contribution in [2.45, 2.75) is 12.5 Å². The van der Waals surface area contributed by atoms with Gasteiger partial charge in [-0.05, 0) is 36.4 Å². The van der Waals surface area contributed by atoms with E-state index in [1.54, 1.807) is 24.1 Å². The lowest BCUT2D eigenvalue weighted by Crippen LogP contribution is -2.44. The summed E-state index contributed by atoms with van der Waals surface area (Å²) in [5.74, 6) is 1.47. The van der Waals surface area contributed by atoms with Gasteiger partial charge in [0.25, 0.3) is 0 Å². The van der Waals surface area contributed by atoms with Gasteiger partial charge in [-0.1, -0.05) is 12.1 Å². The molecule has 8 nitrogen and oxygen atoms in total. The highest BCUT2D eigenvalue weighted by Crippen LogP contribution is 2.30. The van der Waals surface area contributed by atoms with Crippen LogP contribution in [0.15, 0.2) is 48.5 Å². The zero-order chi connectivity index (χ0) is 20.6. The highest BCUT2D eigenvalue weighted by molar-refractivity contribution is 5.82. The van der Waals surface area contributed by atoms with E-state index < -0.39 is 5.91 Å². The van der Waals surface area contributed by atoms with Crippen LogP contribution in [0.4, 0.5) is 5.69 Å². The summed E-state index contributed by atoms with van der Waals surface area (Å²) in [5.41, 5.74) is 6.07. The molecule has 3 rings (SSSR count). The van der Waals surface area contributed by atoms with Gasteiger partial charge in [-0.3, -0.25) is 9.59 Å². The first-order valence-corrected chi connectivity index (χ1v) is 9.37. The molecule has 154 valence electrons. The summed E-state index contributed by atoms with van der Waals surface area (Å²) >= 11 is 0. The second-order valence-electron chi connectivity index (χ2n) is 6.64. The summed E-state index contributed by atoms with van der Waals surface area (Å²) < 4.78 is 16.7. The van der Waals surface area contributed by atoms with Gasteiger partial charge in [-0.15, -0.1) is 0 Å². The number of nitrogens with zero attached hydrogens (tertiary/aromatic N) is 1. The van der Waals surface area contributed by atoms with Crippen LogP contribution in [0, 0.1) is 0 Å². The van der Waals surface area contributed by atoms with Crippen molar-refractivity contribution < 1.29 is 23.8 Å². The Morgan fingerprint density at radius 1 is 1.17 bits per heavy atom. The van der Waals surface area contributed by atoms with Gasteiger partial charge in [0.1, 0.15) is 18.5 Å². The van der Waals surface area contributed by atoms with Crippen molar-refractivity contribution in [3.05, 3.63) is 48.5 Å². The molecule has 0 radical (unpaired) electrons. The maximum absolute atomic E-state index is 12.5. The van der Waals surface area contributed by atoms with E-state index in [0.717, 1.165) is 5.69 Å². The number of carbonyl (C=O) groups is 2. The molecule has 0 bridgehead atoms. The number of ether oxygens (including phenoxy) is 3. The number of primary amides is 1. The van der Waals surface area contributed by atoms with Gasteiger partial charge in [0, 0.05) is 18.7 Å². The minimum Gasteiger partial charge on any atom is -0.497 e. The van der Waals surface area contributed by atoms with E-state index >= 15 is 0 Å². The number of nitrogens with two attached hydrogens (primary N) is 1. The fourth-order valence-electron chi connectivity index (χ4n) is 2.96. The predicted molar refractivity (Wildman–Crippen MR) is 108 cm³/mol. The van der Waals surface area contributed by atoms with Crippen molar-refractivity contribution in [3.63, 3.8) is 0 Å². The molecule has 1 unspecified atom stereocenters. The van der Waals surface area contributed by atoms with Gasteiger partial charge in [-0.25, -0.2) is 0 Å². The lowest BCUT2D eigenvalue weighted by atomic mass is 10.2. The number of rotatable bonds is 9. The number of methoxy groups -OCH3 is 1. The minimum absolute atomic E-state index is 0.0871. The fraction of sp³-hybridized carbons (Fsp3) is 0.333. The van der Waals surface area contributed by atoms with Crippen LogP contribution in [0.2, 0.25) is 0 Å². The summed E-state index contributed by atoms with van der Waals surface area (Å²) in [7, 11) is 1.59. The number of carbonyl (C=O) groups excluding carboxylic acids is 2. The van der Waals surface area contributed by atoms with Gasteiger partial charge < -0.3 is 30.2 Å². The molecule has 2 amide bonds. The summed E-state index contributed by atoms with van der Waals surface area (Å²) in [6, 6.07) is 14.7. The number of hydrogen-bond donors (Lipinski definition) is 2. The molecule has 2 aromatic rings. The lowest BCUT2D eigenvalue weighted by molar-refractivity contribution is -0.121. The smallest absolute Gasteiger partial charge is 0.239 e. The SMILES string of the molecule is COc1ccc(N(CCC(N)=O)CC(=O)NCC2COc3ccccc3O2)cc1. The molecule has 0 spiro atoms. The van der Waals surface area contributed by atoms with Crippen molar-refractivity contribution in [1.82, 2.24) is 5.32 Å². The molecule has 3 N–H and O–H groups in total. The van der Waals surface area contributed by atoms with Crippen LogP contribution in [0.25, 0.3) is 0 Å². The van der Waals surface area contributed by atoms with Gasteiger partial charge in [0.05, 0.1) is 20.2 Å². The Bertz CT molecular complexity index is 840. The highest BCUT2D eigenvalue weighted by atomic mass is 16.6. The third-order valence-electron chi connectivity index (χ3n) is 4.49. The van der Waals surface area contributed by atoms with Crippen LogP contribution in [0.1, 0.15) is 6.42 Å².